The Labute approximate surface area is 72.7 Å². The summed E-state index contributed by atoms with van der Waals surface area (Å²) in [5.74, 6) is 0. The van der Waals surface area contributed by atoms with Crippen molar-refractivity contribution in [1.82, 2.24) is 0 Å². The summed E-state index contributed by atoms with van der Waals surface area (Å²) in [4.78, 5) is 0. The van der Waals surface area contributed by atoms with Crippen molar-refractivity contribution in [3.8, 4) is 0 Å². The van der Waals surface area contributed by atoms with E-state index in [0.717, 1.165) is 0 Å². The Kier molecular flexibility index (Phi) is 1.95. The Morgan fingerprint density at radius 1 is 1.45 bits per heavy atom. The molecule has 2 atom stereocenters. The molecule has 2 unspecified atom stereocenters. The van der Waals surface area contributed by atoms with E-state index in [2.05, 4.69) is 0 Å². The van der Waals surface area contributed by atoms with Gasteiger partial charge >= 0.3 is 0 Å². The van der Waals surface area contributed by atoms with E-state index in [1.54, 1.807) is 13.6 Å². The van der Waals surface area contributed by atoms with Crippen molar-refractivity contribution in [2.45, 2.75) is 37.4 Å². The van der Waals surface area contributed by atoms with Gasteiger partial charge in [0.05, 0.1) is 5.60 Å². The molecule has 1 saturated heterocycles. The molecule has 1 heterocycles. The molecule has 2 nitrogen and oxygen atoms in total. The van der Waals surface area contributed by atoms with Gasteiger partial charge in [-0.2, -0.15) is 0 Å². The summed E-state index contributed by atoms with van der Waals surface area (Å²) >= 11 is 6.06. The van der Waals surface area contributed by atoms with E-state index < -0.39 is 12.0 Å². The molecule has 1 aliphatic rings. The maximum Gasteiger partial charge on any atom is 0.220 e. The first kappa shape index (κ1) is 9.57. The first-order valence-corrected chi connectivity index (χ1v) is 6.09. The maximum absolute atomic E-state index is 11.7. The highest BCUT2D eigenvalue weighted by atomic mass is 35.5. The standard InChI is InChI=1S/C7H14ClO2P/c1-6(2)5-7(3,8)11(4,9)10-6/h5H2,1-4H3. The van der Waals surface area contributed by atoms with Crippen LogP contribution in [0.25, 0.3) is 0 Å². The van der Waals surface area contributed by atoms with Gasteiger partial charge in [0.1, 0.15) is 4.62 Å². The molecule has 1 fully saturated rings. The average molecular weight is 197 g/mol. The second kappa shape index (κ2) is 2.25. The molecule has 0 amide bonds. The van der Waals surface area contributed by atoms with Crippen LogP contribution in [-0.2, 0) is 9.09 Å². The number of hydrogen-bond acceptors (Lipinski definition) is 2. The molecule has 4 heteroatoms. The SMILES string of the molecule is CC1(C)CC(C)(Cl)P(C)(=O)O1. The first-order valence-electron chi connectivity index (χ1n) is 3.64. The topological polar surface area (TPSA) is 26.3 Å². The Balaban J connectivity index is 2.99. The smallest absolute Gasteiger partial charge is 0.220 e. The molecule has 0 saturated carbocycles. The van der Waals surface area contributed by atoms with Crippen molar-refractivity contribution in [3.63, 3.8) is 0 Å². The van der Waals surface area contributed by atoms with E-state index in [-0.39, 0.29) is 5.60 Å². The summed E-state index contributed by atoms with van der Waals surface area (Å²) in [6.07, 6.45) is 0.648. The predicted molar refractivity (Wildman–Crippen MR) is 47.6 cm³/mol. The lowest BCUT2D eigenvalue weighted by Crippen LogP contribution is -2.19. The van der Waals surface area contributed by atoms with E-state index in [9.17, 15) is 4.57 Å². The highest BCUT2D eigenvalue weighted by Gasteiger charge is 2.53. The van der Waals surface area contributed by atoms with E-state index in [4.69, 9.17) is 16.1 Å². The monoisotopic (exact) mass is 196 g/mol. The third-order valence-electron chi connectivity index (χ3n) is 2.02. The van der Waals surface area contributed by atoms with Crippen LogP contribution in [0.15, 0.2) is 0 Å². The van der Waals surface area contributed by atoms with Crippen molar-refractivity contribution >= 4 is 19.0 Å². The lowest BCUT2D eigenvalue weighted by Gasteiger charge is -2.17. The van der Waals surface area contributed by atoms with Crippen LogP contribution in [0.2, 0.25) is 0 Å². The normalized spacial score (nSPS) is 49.5. The van der Waals surface area contributed by atoms with Crippen LogP contribution < -0.4 is 0 Å². The highest BCUT2D eigenvalue weighted by molar-refractivity contribution is 7.62. The Bertz CT molecular complexity index is 222. The minimum atomic E-state index is -2.60. The predicted octanol–water partition coefficient (Wildman–Crippen LogP) is 3.05. The fourth-order valence-corrected chi connectivity index (χ4v) is 3.81. The molecule has 0 radical (unpaired) electrons. The van der Waals surface area contributed by atoms with Gasteiger partial charge in [-0.3, -0.25) is 4.57 Å². The summed E-state index contributed by atoms with van der Waals surface area (Å²) in [6.45, 7) is 7.21. The Hall–Kier alpha value is 0.480. The molecule has 0 aromatic carbocycles. The molecular weight excluding hydrogens is 183 g/mol. The van der Waals surface area contributed by atoms with Gasteiger partial charge < -0.3 is 4.52 Å². The van der Waals surface area contributed by atoms with Gasteiger partial charge in [0, 0.05) is 13.1 Å². The lowest BCUT2D eigenvalue weighted by atomic mass is 10.0. The molecule has 1 aliphatic heterocycles. The zero-order chi connectivity index (χ0) is 8.91. The molecule has 0 N–H and O–H groups in total. The first-order chi connectivity index (χ1) is 4.66. The molecule has 0 aliphatic carbocycles. The van der Waals surface area contributed by atoms with Gasteiger partial charge in [-0.05, 0) is 20.8 Å². The minimum absolute atomic E-state index is 0.333. The summed E-state index contributed by atoms with van der Waals surface area (Å²) < 4.78 is 16.4. The zero-order valence-corrected chi connectivity index (χ0v) is 9.00. The number of alkyl halides is 1. The van der Waals surface area contributed by atoms with Crippen molar-refractivity contribution < 1.29 is 9.09 Å². The van der Waals surface area contributed by atoms with Crippen molar-refractivity contribution in [1.29, 1.82) is 0 Å². The van der Waals surface area contributed by atoms with Crippen LogP contribution in [0.5, 0.6) is 0 Å². The molecule has 0 bridgehead atoms. The van der Waals surface area contributed by atoms with Crippen molar-refractivity contribution in [2.24, 2.45) is 0 Å². The van der Waals surface area contributed by atoms with Gasteiger partial charge in [-0.1, -0.05) is 0 Å². The largest absolute Gasteiger partial charge is 0.321 e. The quantitative estimate of drug-likeness (QED) is 0.440. The lowest BCUT2D eigenvalue weighted by molar-refractivity contribution is 0.137. The Morgan fingerprint density at radius 3 is 2.00 bits per heavy atom. The molecule has 11 heavy (non-hydrogen) atoms. The molecule has 0 spiro atoms. The molecule has 0 aromatic heterocycles. The van der Waals surface area contributed by atoms with Crippen molar-refractivity contribution in [2.75, 3.05) is 6.66 Å². The van der Waals surface area contributed by atoms with Gasteiger partial charge in [0.25, 0.3) is 0 Å². The van der Waals surface area contributed by atoms with Crippen LogP contribution in [0.3, 0.4) is 0 Å². The number of rotatable bonds is 0. The highest BCUT2D eigenvalue weighted by Crippen LogP contribution is 2.68. The van der Waals surface area contributed by atoms with Crippen LogP contribution in [0, 0.1) is 0 Å². The number of halogens is 1. The van der Waals surface area contributed by atoms with E-state index in [0.29, 0.717) is 6.42 Å². The fourth-order valence-electron chi connectivity index (χ4n) is 1.52. The Morgan fingerprint density at radius 2 is 1.91 bits per heavy atom. The van der Waals surface area contributed by atoms with Crippen LogP contribution in [0.1, 0.15) is 27.2 Å². The van der Waals surface area contributed by atoms with Gasteiger partial charge in [0.2, 0.25) is 7.37 Å². The summed E-state index contributed by atoms with van der Waals surface area (Å²) in [5, 5.41) is 0. The second-order valence-electron chi connectivity index (χ2n) is 4.02. The summed E-state index contributed by atoms with van der Waals surface area (Å²) in [7, 11) is -2.60. The molecule has 0 aromatic rings. The van der Waals surface area contributed by atoms with Gasteiger partial charge in [0.15, 0.2) is 0 Å². The van der Waals surface area contributed by atoms with E-state index in [1.165, 1.54) is 0 Å². The van der Waals surface area contributed by atoms with E-state index >= 15 is 0 Å². The minimum Gasteiger partial charge on any atom is -0.321 e. The number of hydrogen-bond donors (Lipinski definition) is 0. The maximum atomic E-state index is 11.7. The second-order valence-corrected chi connectivity index (χ2v) is 7.98. The molecule has 66 valence electrons. The fraction of sp³-hybridized carbons (Fsp3) is 1.00. The molecular formula is C7H14ClO2P. The van der Waals surface area contributed by atoms with Crippen LogP contribution in [-0.4, -0.2) is 16.9 Å². The van der Waals surface area contributed by atoms with Crippen LogP contribution >= 0.6 is 19.0 Å². The average Bonchev–Trinajstić information content (AvgIpc) is 1.66. The zero-order valence-electron chi connectivity index (χ0n) is 7.35. The third-order valence-corrected chi connectivity index (χ3v) is 5.77. The summed E-state index contributed by atoms with van der Waals surface area (Å²) in [5.41, 5.74) is -0.333. The van der Waals surface area contributed by atoms with Gasteiger partial charge in [-0.15, -0.1) is 11.6 Å². The van der Waals surface area contributed by atoms with Crippen molar-refractivity contribution in [3.05, 3.63) is 0 Å². The van der Waals surface area contributed by atoms with E-state index in [1.807, 2.05) is 13.8 Å². The van der Waals surface area contributed by atoms with Crippen LogP contribution in [0.4, 0.5) is 0 Å². The van der Waals surface area contributed by atoms with Gasteiger partial charge in [-0.25, -0.2) is 0 Å². The third kappa shape index (κ3) is 1.63. The summed E-state index contributed by atoms with van der Waals surface area (Å²) in [6, 6.07) is 0. The molecule has 1 rings (SSSR count).